The lowest BCUT2D eigenvalue weighted by atomic mass is 9.79. The maximum absolute atomic E-state index is 13.8. The molecule has 0 aromatic heterocycles. The van der Waals surface area contributed by atoms with E-state index in [1.165, 1.54) is 37.3 Å². The van der Waals surface area contributed by atoms with Gasteiger partial charge in [-0.15, -0.1) is 13.2 Å². The molecule has 1 saturated carbocycles. The fourth-order valence-electron chi connectivity index (χ4n) is 3.43. The fraction of sp³-hybridized carbons (Fsp3) is 0.400. The molecule has 1 aliphatic rings. The number of halogens is 4. The Morgan fingerprint density at radius 2 is 1.48 bits per heavy atom. The Morgan fingerprint density at radius 1 is 0.880 bits per heavy atom. The van der Waals surface area contributed by atoms with Gasteiger partial charge in [0.25, 0.3) is 0 Å². The summed E-state index contributed by atoms with van der Waals surface area (Å²) >= 11 is 0. The number of hydrogen-bond donors (Lipinski definition) is 0. The Hall–Kier alpha value is -2.04. The summed E-state index contributed by atoms with van der Waals surface area (Å²) in [5, 5.41) is 0. The molecule has 3 rings (SSSR count). The zero-order valence-electron chi connectivity index (χ0n) is 13.9. The van der Waals surface area contributed by atoms with Crippen LogP contribution < -0.4 is 4.74 Å². The zero-order valence-corrected chi connectivity index (χ0v) is 13.9. The molecule has 0 amide bonds. The molecule has 134 valence electrons. The SMILES string of the molecule is CC1CCC(c2ccc(-c3ccc(OC(F)(F)F)c(F)c3)cc2)CC1. The Labute approximate surface area is 144 Å². The highest BCUT2D eigenvalue weighted by atomic mass is 19.4. The molecule has 1 aliphatic carbocycles. The van der Waals surface area contributed by atoms with Gasteiger partial charge in [-0.25, -0.2) is 4.39 Å². The first-order valence-electron chi connectivity index (χ1n) is 8.47. The second kappa shape index (κ2) is 7.06. The molecular formula is C20H20F4O. The van der Waals surface area contributed by atoms with Crippen molar-refractivity contribution in [3.63, 3.8) is 0 Å². The van der Waals surface area contributed by atoms with E-state index < -0.39 is 17.9 Å². The quantitative estimate of drug-likeness (QED) is 0.560. The van der Waals surface area contributed by atoms with Crippen LogP contribution in [0.5, 0.6) is 5.75 Å². The second-order valence-electron chi connectivity index (χ2n) is 6.77. The molecule has 5 heteroatoms. The lowest BCUT2D eigenvalue weighted by Crippen LogP contribution is -2.17. The number of hydrogen-bond acceptors (Lipinski definition) is 1. The summed E-state index contributed by atoms with van der Waals surface area (Å²) in [5.41, 5.74) is 2.56. The van der Waals surface area contributed by atoms with Crippen LogP contribution in [0.2, 0.25) is 0 Å². The lowest BCUT2D eigenvalue weighted by Gasteiger charge is -2.26. The van der Waals surface area contributed by atoms with Crippen molar-refractivity contribution in [3.05, 3.63) is 53.8 Å². The van der Waals surface area contributed by atoms with Crippen LogP contribution in [0.3, 0.4) is 0 Å². The average molecular weight is 352 g/mol. The number of alkyl halides is 3. The Kier molecular flexibility index (Phi) is 5.02. The van der Waals surface area contributed by atoms with E-state index in [0.29, 0.717) is 11.5 Å². The highest BCUT2D eigenvalue weighted by Gasteiger charge is 2.32. The molecule has 1 nitrogen and oxygen atoms in total. The Balaban J connectivity index is 1.75. The first-order chi connectivity index (χ1) is 11.8. The summed E-state index contributed by atoms with van der Waals surface area (Å²) in [7, 11) is 0. The van der Waals surface area contributed by atoms with Gasteiger partial charge in [-0.2, -0.15) is 0 Å². The van der Waals surface area contributed by atoms with Crippen LogP contribution in [0.25, 0.3) is 11.1 Å². The summed E-state index contributed by atoms with van der Waals surface area (Å²) in [4.78, 5) is 0. The van der Waals surface area contributed by atoms with Gasteiger partial charge in [0.1, 0.15) is 0 Å². The molecule has 2 aromatic rings. The van der Waals surface area contributed by atoms with Gasteiger partial charge >= 0.3 is 6.36 Å². The Bertz CT molecular complexity index is 713. The normalized spacial score (nSPS) is 21.2. The fourth-order valence-corrected chi connectivity index (χ4v) is 3.43. The topological polar surface area (TPSA) is 9.23 Å². The van der Waals surface area contributed by atoms with Gasteiger partial charge in [0, 0.05) is 0 Å². The van der Waals surface area contributed by atoms with Gasteiger partial charge in [-0.05, 0) is 53.5 Å². The number of ether oxygens (including phenoxy) is 1. The molecule has 0 radical (unpaired) electrons. The van der Waals surface area contributed by atoms with Crippen molar-refractivity contribution in [1.29, 1.82) is 0 Å². The zero-order chi connectivity index (χ0) is 18.0. The number of rotatable bonds is 3. The minimum atomic E-state index is -4.90. The number of benzene rings is 2. The van der Waals surface area contributed by atoms with Crippen molar-refractivity contribution >= 4 is 0 Å². The van der Waals surface area contributed by atoms with Crippen LogP contribution in [0.15, 0.2) is 42.5 Å². The van der Waals surface area contributed by atoms with E-state index in [1.807, 2.05) is 24.3 Å². The van der Waals surface area contributed by atoms with Crippen molar-refractivity contribution in [2.75, 3.05) is 0 Å². The predicted molar refractivity (Wildman–Crippen MR) is 88.9 cm³/mol. The van der Waals surface area contributed by atoms with Gasteiger partial charge in [0.2, 0.25) is 0 Å². The maximum atomic E-state index is 13.8. The molecular weight excluding hydrogens is 332 g/mol. The van der Waals surface area contributed by atoms with Crippen molar-refractivity contribution in [1.82, 2.24) is 0 Å². The third kappa shape index (κ3) is 4.53. The van der Waals surface area contributed by atoms with E-state index in [1.54, 1.807) is 0 Å². The smallest absolute Gasteiger partial charge is 0.403 e. The van der Waals surface area contributed by atoms with Crippen LogP contribution >= 0.6 is 0 Å². The van der Waals surface area contributed by atoms with Gasteiger partial charge in [0.05, 0.1) is 0 Å². The average Bonchev–Trinajstić information content (AvgIpc) is 2.56. The van der Waals surface area contributed by atoms with Gasteiger partial charge in [0.15, 0.2) is 11.6 Å². The summed E-state index contributed by atoms with van der Waals surface area (Å²) in [6.45, 7) is 2.28. The molecule has 1 fully saturated rings. The summed E-state index contributed by atoms with van der Waals surface area (Å²) < 4.78 is 54.1. The second-order valence-corrected chi connectivity index (χ2v) is 6.77. The minimum absolute atomic E-state index is 0.524. The molecule has 25 heavy (non-hydrogen) atoms. The van der Waals surface area contributed by atoms with Crippen molar-refractivity contribution < 1.29 is 22.3 Å². The molecule has 2 aromatic carbocycles. The van der Waals surface area contributed by atoms with Gasteiger partial charge < -0.3 is 4.74 Å². The molecule has 0 atom stereocenters. The van der Waals surface area contributed by atoms with E-state index in [2.05, 4.69) is 11.7 Å². The molecule has 0 spiro atoms. The summed E-state index contributed by atoms with van der Waals surface area (Å²) in [6.07, 6.45) is -0.0741. The van der Waals surface area contributed by atoms with Crippen molar-refractivity contribution in [3.8, 4) is 16.9 Å². The van der Waals surface area contributed by atoms with E-state index in [0.717, 1.165) is 23.6 Å². The van der Waals surface area contributed by atoms with E-state index in [-0.39, 0.29) is 0 Å². The summed E-state index contributed by atoms with van der Waals surface area (Å²) in [6, 6.07) is 11.4. The third-order valence-corrected chi connectivity index (χ3v) is 4.89. The standard InChI is InChI=1S/C20H20F4O/c1-13-2-4-14(5-3-13)15-6-8-16(9-7-15)17-10-11-19(18(21)12-17)25-20(22,23)24/h6-14H,2-5H2,1H3. The molecule has 0 heterocycles. The lowest BCUT2D eigenvalue weighted by molar-refractivity contribution is -0.275. The monoisotopic (exact) mass is 352 g/mol. The van der Waals surface area contributed by atoms with Crippen molar-refractivity contribution in [2.24, 2.45) is 5.92 Å². The third-order valence-electron chi connectivity index (χ3n) is 4.89. The van der Waals surface area contributed by atoms with Gasteiger partial charge in [-0.1, -0.05) is 50.1 Å². The van der Waals surface area contributed by atoms with Crippen LogP contribution in [0, 0.1) is 11.7 Å². The van der Waals surface area contributed by atoms with Crippen LogP contribution in [0.1, 0.15) is 44.1 Å². The highest BCUT2D eigenvalue weighted by Crippen LogP contribution is 2.36. The van der Waals surface area contributed by atoms with Crippen LogP contribution in [-0.2, 0) is 0 Å². The molecule has 0 unspecified atom stereocenters. The minimum Gasteiger partial charge on any atom is -0.403 e. The maximum Gasteiger partial charge on any atom is 0.573 e. The van der Waals surface area contributed by atoms with E-state index in [4.69, 9.17) is 0 Å². The van der Waals surface area contributed by atoms with Crippen molar-refractivity contribution in [2.45, 2.75) is 44.9 Å². The van der Waals surface area contributed by atoms with Crippen LogP contribution in [0.4, 0.5) is 17.6 Å². The first-order valence-corrected chi connectivity index (χ1v) is 8.47. The molecule has 0 N–H and O–H groups in total. The largest absolute Gasteiger partial charge is 0.573 e. The first kappa shape index (κ1) is 17.8. The van der Waals surface area contributed by atoms with Gasteiger partial charge in [-0.3, -0.25) is 0 Å². The summed E-state index contributed by atoms with van der Waals surface area (Å²) in [5.74, 6) is -0.496. The van der Waals surface area contributed by atoms with Crippen LogP contribution in [-0.4, -0.2) is 6.36 Å². The van der Waals surface area contributed by atoms with E-state index >= 15 is 0 Å². The Morgan fingerprint density at radius 3 is 2.04 bits per heavy atom. The molecule has 0 bridgehead atoms. The molecule has 0 aliphatic heterocycles. The predicted octanol–water partition coefficient (Wildman–Crippen LogP) is 6.69. The molecule has 0 saturated heterocycles. The highest BCUT2D eigenvalue weighted by molar-refractivity contribution is 5.64. The van der Waals surface area contributed by atoms with E-state index in [9.17, 15) is 17.6 Å².